The molecule has 3 rings (SSSR count). The third-order valence-electron chi connectivity index (χ3n) is 3.28. The van der Waals surface area contributed by atoms with Gasteiger partial charge in [0.25, 0.3) is 5.91 Å². The van der Waals surface area contributed by atoms with E-state index < -0.39 is 29.4 Å². The smallest absolute Gasteiger partial charge is 0.406 e. The number of nitrogens with zero attached hydrogens (tertiary/aromatic N) is 3. The number of nitrogens with one attached hydrogen (secondary N) is 1. The van der Waals surface area contributed by atoms with E-state index >= 15 is 0 Å². The number of ether oxygens (including phenoxy) is 1. The van der Waals surface area contributed by atoms with Gasteiger partial charge in [0.15, 0.2) is 5.13 Å². The van der Waals surface area contributed by atoms with Crippen molar-refractivity contribution >= 4 is 22.4 Å². The number of rotatable bonds is 4. The minimum atomic E-state index is -4.98. The molecular weight excluding hydrogens is 400 g/mol. The molecule has 1 amide bonds. The first kappa shape index (κ1) is 19.2. The van der Waals surface area contributed by atoms with Gasteiger partial charge in [0.2, 0.25) is 0 Å². The van der Waals surface area contributed by atoms with Crippen LogP contribution in [-0.2, 0) is 0 Å². The average Bonchev–Trinajstić information content (AvgIpc) is 3.04. The highest BCUT2D eigenvalue weighted by molar-refractivity contribution is 7.16. The average molecular weight is 408 g/mol. The molecule has 2 aromatic heterocycles. The number of alkyl halides is 3. The van der Waals surface area contributed by atoms with Gasteiger partial charge in [0.05, 0.1) is 11.3 Å². The number of anilines is 1. The van der Waals surface area contributed by atoms with Gasteiger partial charge < -0.3 is 4.74 Å². The summed E-state index contributed by atoms with van der Waals surface area (Å²) < 4.78 is 54.1. The second-order valence-corrected chi connectivity index (χ2v) is 6.17. The normalized spacial score (nSPS) is 11.0. The highest BCUT2D eigenvalue weighted by atomic mass is 32.1. The SMILES string of the molecule is N#Cc1sc(NC(=O)c2ccc(OC(F)(F)F)cc2F)nc1-c1ccccn1. The molecule has 0 fully saturated rings. The zero-order valence-electron chi connectivity index (χ0n) is 13.6. The fourth-order valence-electron chi connectivity index (χ4n) is 2.17. The number of carbonyl (C=O) groups is 1. The maximum atomic E-state index is 14.0. The number of pyridine rings is 1. The molecule has 1 aromatic carbocycles. The highest BCUT2D eigenvalue weighted by Crippen LogP contribution is 2.30. The number of nitriles is 1. The first-order chi connectivity index (χ1) is 13.3. The Kier molecular flexibility index (Phi) is 5.23. The van der Waals surface area contributed by atoms with Gasteiger partial charge in [-0.2, -0.15) is 5.26 Å². The number of amides is 1. The van der Waals surface area contributed by atoms with E-state index in [1.165, 1.54) is 6.20 Å². The van der Waals surface area contributed by atoms with E-state index in [9.17, 15) is 27.6 Å². The maximum absolute atomic E-state index is 14.0. The van der Waals surface area contributed by atoms with E-state index in [0.717, 1.165) is 23.5 Å². The number of hydrogen-bond acceptors (Lipinski definition) is 6. The Balaban J connectivity index is 1.82. The lowest BCUT2D eigenvalue weighted by Gasteiger charge is -2.10. The van der Waals surface area contributed by atoms with Crippen LogP contribution in [0.1, 0.15) is 15.2 Å². The third-order valence-corrected chi connectivity index (χ3v) is 4.15. The summed E-state index contributed by atoms with van der Waals surface area (Å²) >= 11 is 0.854. The molecule has 1 N–H and O–H groups in total. The summed E-state index contributed by atoms with van der Waals surface area (Å²) in [5, 5.41) is 11.6. The lowest BCUT2D eigenvalue weighted by molar-refractivity contribution is -0.274. The Hall–Kier alpha value is -3.52. The summed E-state index contributed by atoms with van der Waals surface area (Å²) in [6.45, 7) is 0. The summed E-state index contributed by atoms with van der Waals surface area (Å²) in [5.41, 5.74) is 0.149. The van der Waals surface area contributed by atoms with E-state index in [1.807, 2.05) is 6.07 Å². The molecule has 2 heterocycles. The minimum Gasteiger partial charge on any atom is -0.406 e. The number of carbonyl (C=O) groups excluding carboxylic acids is 1. The van der Waals surface area contributed by atoms with Crippen LogP contribution in [0.15, 0.2) is 42.6 Å². The van der Waals surface area contributed by atoms with Gasteiger partial charge in [-0.05, 0) is 24.3 Å². The van der Waals surface area contributed by atoms with Crippen LogP contribution in [0.25, 0.3) is 11.4 Å². The fourth-order valence-corrected chi connectivity index (χ4v) is 2.93. The van der Waals surface area contributed by atoms with Crippen molar-refractivity contribution in [2.75, 3.05) is 5.32 Å². The third kappa shape index (κ3) is 4.41. The van der Waals surface area contributed by atoms with Gasteiger partial charge in [-0.3, -0.25) is 15.1 Å². The summed E-state index contributed by atoms with van der Waals surface area (Å²) in [7, 11) is 0. The van der Waals surface area contributed by atoms with Crippen LogP contribution in [0.3, 0.4) is 0 Å². The van der Waals surface area contributed by atoms with Crippen molar-refractivity contribution in [2.24, 2.45) is 0 Å². The molecule has 0 aliphatic heterocycles. The van der Waals surface area contributed by atoms with Crippen LogP contribution in [-0.4, -0.2) is 22.2 Å². The van der Waals surface area contributed by atoms with Crippen molar-refractivity contribution in [3.8, 4) is 23.2 Å². The Morgan fingerprint density at radius 1 is 1.25 bits per heavy atom. The highest BCUT2D eigenvalue weighted by Gasteiger charge is 2.31. The molecule has 0 unspecified atom stereocenters. The zero-order chi connectivity index (χ0) is 20.3. The largest absolute Gasteiger partial charge is 0.573 e. The van der Waals surface area contributed by atoms with Crippen molar-refractivity contribution in [1.29, 1.82) is 5.26 Å². The van der Waals surface area contributed by atoms with Gasteiger partial charge in [0, 0.05) is 12.3 Å². The summed E-state index contributed by atoms with van der Waals surface area (Å²) in [4.78, 5) is 20.6. The maximum Gasteiger partial charge on any atom is 0.573 e. The van der Waals surface area contributed by atoms with Gasteiger partial charge in [-0.1, -0.05) is 17.4 Å². The second-order valence-electron chi connectivity index (χ2n) is 5.17. The quantitative estimate of drug-likeness (QED) is 0.648. The van der Waals surface area contributed by atoms with Crippen LogP contribution in [0.2, 0.25) is 0 Å². The van der Waals surface area contributed by atoms with Gasteiger partial charge in [0.1, 0.15) is 28.2 Å². The topological polar surface area (TPSA) is 87.9 Å². The molecule has 11 heteroatoms. The number of benzene rings is 1. The number of aromatic nitrogens is 2. The molecule has 0 atom stereocenters. The molecule has 0 saturated heterocycles. The van der Waals surface area contributed by atoms with Crippen molar-refractivity contribution in [1.82, 2.24) is 9.97 Å². The van der Waals surface area contributed by atoms with Crippen LogP contribution < -0.4 is 10.1 Å². The molecular formula is C17H8F4N4O2S. The molecule has 0 aliphatic rings. The molecule has 28 heavy (non-hydrogen) atoms. The standard InChI is InChI=1S/C17H8F4N4O2S/c18-11-7-9(27-17(19,20)21)4-5-10(11)15(26)25-16-24-14(13(8-22)28-16)12-3-1-2-6-23-12/h1-7H,(H,24,25,26). The summed E-state index contributed by atoms with van der Waals surface area (Å²) in [6.07, 6.45) is -3.47. The van der Waals surface area contributed by atoms with Crippen molar-refractivity contribution in [3.05, 3.63) is 58.9 Å². The monoisotopic (exact) mass is 408 g/mol. The van der Waals surface area contributed by atoms with E-state index in [2.05, 4.69) is 20.0 Å². The number of halogens is 4. The molecule has 0 saturated carbocycles. The second kappa shape index (κ2) is 7.61. The fraction of sp³-hybridized carbons (Fsp3) is 0.0588. The molecule has 142 valence electrons. The lowest BCUT2D eigenvalue weighted by Crippen LogP contribution is -2.18. The van der Waals surface area contributed by atoms with Crippen LogP contribution in [0.5, 0.6) is 5.75 Å². The minimum absolute atomic E-state index is 0.0113. The predicted molar refractivity (Wildman–Crippen MR) is 91.1 cm³/mol. The lowest BCUT2D eigenvalue weighted by atomic mass is 10.2. The summed E-state index contributed by atoms with van der Waals surface area (Å²) in [5.74, 6) is -2.94. The number of hydrogen-bond donors (Lipinski definition) is 1. The molecule has 0 radical (unpaired) electrons. The first-order valence-electron chi connectivity index (χ1n) is 7.46. The first-order valence-corrected chi connectivity index (χ1v) is 8.27. The molecule has 3 aromatic rings. The zero-order valence-corrected chi connectivity index (χ0v) is 14.4. The Bertz CT molecular complexity index is 1060. The van der Waals surface area contributed by atoms with Crippen molar-refractivity contribution in [2.45, 2.75) is 6.36 Å². The van der Waals surface area contributed by atoms with Crippen LogP contribution >= 0.6 is 11.3 Å². The van der Waals surface area contributed by atoms with Gasteiger partial charge >= 0.3 is 6.36 Å². The van der Waals surface area contributed by atoms with E-state index in [1.54, 1.807) is 18.2 Å². The summed E-state index contributed by atoms with van der Waals surface area (Å²) in [6, 6.07) is 9.05. The Morgan fingerprint density at radius 3 is 2.64 bits per heavy atom. The Labute approximate surface area is 159 Å². The van der Waals surface area contributed by atoms with E-state index in [4.69, 9.17) is 0 Å². The van der Waals surface area contributed by atoms with Crippen molar-refractivity contribution in [3.63, 3.8) is 0 Å². The van der Waals surface area contributed by atoms with Crippen LogP contribution in [0.4, 0.5) is 22.7 Å². The van der Waals surface area contributed by atoms with E-state index in [0.29, 0.717) is 11.8 Å². The predicted octanol–water partition coefficient (Wildman–Crippen LogP) is 4.37. The van der Waals surface area contributed by atoms with E-state index in [-0.39, 0.29) is 15.7 Å². The van der Waals surface area contributed by atoms with Crippen LogP contribution in [0, 0.1) is 17.1 Å². The molecule has 0 bridgehead atoms. The molecule has 6 nitrogen and oxygen atoms in total. The molecule has 0 aliphatic carbocycles. The van der Waals surface area contributed by atoms with Crippen molar-refractivity contribution < 1.29 is 27.1 Å². The molecule has 0 spiro atoms. The van der Waals surface area contributed by atoms with Gasteiger partial charge in [-0.25, -0.2) is 9.37 Å². The van der Waals surface area contributed by atoms with Gasteiger partial charge in [-0.15, -0.1) is 13.2 Å². The number of thiazole rings is 1. The Morgan fingerprint density at radius 2 is 2.04 bits per heavy atom.